The van der Waals surface area contributed by atoms with Crippen molar-refractivity contribution in [3.05, 3.63) is 35.9 Å². The van der Waals surface area contributed by atoms with Crippen LogP contribution in [0.25, 0.3) is 0 Å². The molecule has 4 heteroatoms. The summed E-state index contributed by atoms with van der Waals surface area (Å²) in [5, 5.41) is 9.80. The SMILES string of the molecule is COCC(O)CN(CCCN)Cc1ccccc1. The first-order valence-corrected chi connectivity index (χ1v) is 6.39. The summed E-state index contributed by atoms with van der Waals surface area (Å²) in [4.78, 5) is 2.21. The second-order valence-electron chi connectivity index (χ2n) is 4.47. The Kier molecular flexibility index (Phi) is 7.60. The summed E-state index contributed by atoms with van der Waals surface area (Å²) in [6, 6.07) is 10.3. The van der Waals surface area contributed by atoms with Gasteiger partial charge in [0.15, 0.2) is 0 Å². The second kappa shape index (κ2) is 9.05. The van der Waals surface area contributed by atoms with E-state index >= 15 is 0 Å². The average molecular weight is 252 g/mol. The standard InChI is InChI=1S/C14H24N2O2/c1-18-12-14(17)11-16(9-5-8-15)10-13-6-3-2-4-7-13/h2-4,6-7,14,17H,5,8-12,15H2,1H3. The molecular weight excluding hydrogens is 228 g/mol. The predicted octanol–water partition coefficient (Wildman–Crippen LogP) is 0.845. The van der Waals surface area contributed by atoms with Crippen molar-refractivity contribution in [3.63, 3.8) is 0 Å². The molecule has 0 saturated heterocycles. The Morgan fingerprint density at radius 3 is 2.67 bits per heavy atom. The molecule has 1 aromatic rings. The van der Waals surface area contributed by atoms with Crippen molar-refractivity contribution < 1.29 is 9.84 Å². The van der Waals surface area contributed by atoms with Crippen molar-refractivity contribution in [2.45, 2.75) is 19.1 Å². The van der Waals surface area contributed by atoms with Crippen LogP contribution >= 0.6 is 0 Å². The molecule has 0 bridgehead atoms. The zero-order valence-electron chi connectivity index (χ0n) is 11.1. The molecule has 0 aromatic heterocycles. The van der Waals surface area contributed by atoms with Crippen LogP contribution in [-0.4, -0.2) is 49.5 Å². The normalized spacial score (nSPS) is 12.9. The lowest BCUT2D eigenvalue weighted by Gasteiger charge is -2.24. The van der Waals surface area contributed by atoms with Crippen molar-refractivity contribution in [1.29, 1.82) is 0 Å². The number of rotatable bonds is 9. The van der Waals surface area contributed by atoms with E-state index in [4.69, 9.17) is 10.5 Å². The first kappa shape index (κ1) is 15.1. The minimum Gasteiger partial charge on any atom is -0.389 e. The number of hydrogen-bond donors (Lipinski definition) is 2. The van der Waals surface area contributed by atoms with Crippen molar-refractivity contribution in [2.24, 2.45) is 5.73 Å². The number of aliphatic hydroxyl groups is 1. The molecule has 102 valence electrons. The summed E-state index contributed by atoms with van der Waals surface area (Å²) in [6.07, 6.45) is 0.489. The Bertz CT molecular complexity index is 306. The molecule has 4 nitrogen and oxygen atoms in total. The van der Waals surface area contributed by atoms with Crippen LogP contribution in [0.4, 0.5) is 0 Å². The number of hydrogen-bond acceptors (Lipinski definition) is 4. The summed E-state index contributed by atoms with van der Waals surface area (Å²) in [6.45, 7) is 3.39. The van der Waals surface area contributed by atoms with Crippen LogP contribution in [0.1, 0.15) is 12.0 Å². The van der Waals surface area contributed by atoms with E-state index in [0.29, 0.717) is 19.7 Å². The van der Waals surface area contributed by atoms with E-state index in [1.165, 1.54) is 5.56 Å². The van der Waals surface area contributed by atoms with Gasteiger partial charge in [0.25, 0.3) is 0 Å². The number of aliphatic hydroxyl groups excluding tert-OH is 1. The molecule has 0 radical (unpaired) electrons. The van der Waals surface area contributed by atoms with Crippen molar-refractivity contribution in [1.82, 2.24) is 4.90 Å². The maximum Gasteiger partial charge on any atom is 0.0900 e. The fraction of sp³-hybridized carbons (Fsp3) is 0.571. The van der Waals surface area contributed by atoms with Crippen LogP contribution in [0.15, 0.2) is 30.3 Å². The average Bonchev–Trinajstić information content (AvgIpc) is 2.37. The predicted molar refractivity (Wildman–Crippen MR) is 73.3 cm³/mol. The molecule has 1 aromatic carbocycles. The maximum atomic E-state index is 9.80. The summed E-state index contributed by atoms with van der Waals surface area (Å²) in [7, 11) is 1.60. The third-order valence-corrected chi connectivity index (χ3v) is 2.76. The fourth-order valence-electron chi connectivity index (χ4n) is 1.93. The highest BCUT2D eigenvalue weighted by molar-refractivity contribution is 5.14. The summed E-state index contributed by atoms with van der Waals surface area (Å²) >= 11 is 0. The van der Waals surface area contributed by atoms with Gasteiger partial charge in [-0.05, 0) is 25.1 Å². The molecule has 1 unspecified atom stereocenters. The van der Waals surface area contributed by atoms with E-state index in [9.17, 15) is 5.11 Å². The van der Waals surface area contributed by atoms with Gasteiger partial charge < -0.3 is 15.6 Å². The van der Waals surface area contributed by atoms with Gasteiger partial charge in [-0.25, -0.2) is 0 Å². The van der Waals surface area contributed by atoms with Crippen LogP contribution in [-0.2, 0) is 11.3 Å². The molecule has 0 fully saturated rings. The molecule has 3 N–H and O–H groups in total. The van der Waals surface area contributed by atoms with Gasteiger partial charge in [0.05, 0.1) is 12.7 Å². The number of nitrogens with two attached hydrogens (primary N) is 1. The highest BCUT2D eigenvalue weighted by atomic mass is 16.5. The van der Waals surface area contributed by atoms with Gasteiger partial charge >= 0.3 is 0 Å². The quantitative estimate of drug-likeness (QED) is 0.684. The van der Waals surface area contributed by atoms with E-state index in [2.05, 4.69) is 17.0 Å². The van der Waals surface area contributed by atoms with Crippen molar-refractivity contribution in [3.8, 4) is 0 Å². The molecule has 18 heavy (non-hydrogen) atoms. The lowest BCUT2D eigenvalue weighted by atomic mass is 10.2. The van der Waals surface area contributed by atoms with Crippen LogP contribution in [0.5, 0.6) is 0 Å². The zero-order valence-corrected chi connectivity index (χ0v) is 11.1. The number of benzene rings is 1. The van der Waals surface area contributed by atoms with Crippen LogP contribution in [0.3, 0.4) is 0 Å². The van der Waals surface area contributed by atoms with Crippen LogP contribution in [0.2, 0.25) is 0 Å². The van der Waals surface area contributed by atoms with E-state index in [-0.39, 0.29) is 0 Å². The molecular formula is C14H24N2O2. The molecule has 1 atom stereocenters. The molecule has 0 amide bonds. The number of nitrogens with zero attached hydrogens (tertiary/aromatic N) is 1. The lowest BCUT2D eigenvalue weighted by molar-refractivity contribution is 0.0357. The fourth-order valence-corrected chi connectivity index (χ4v) is 1.93. The lowest BCUT2D eigenvalue weighted by Crippen LogP contribution is -2.35. The summed E-state index contributed by atoms with van der Waals surface area (Å²) in [5.41, 5.74) is 6.80. The summed E-state index contributed by atoms with van der Waals surface area (Å²) < 4.78 is 4.96. The van der Waals surface area contributed by atoms with Crippen molar-refractivity contribution in [2.75, 3.05) is 33.4 Å². The van der Waals surface area contributed by atoms with Crippen LogP contribution in [0, 0.1) is 0 Å². The minimum atomic E-state index is -0.448. The molecule has 1 rings (SSSR count). The highest BCUT2D eigenvalue weighted by Gasteiger charge is 2.11. The van der Waals surface area contributed by atoms with Crippen LogP contribution < -0.4 is 5.73 Å². The molecule has 0 spiro atoms. The smallest absolute Gasteiger partial charge is 0.0900 e. The van der Waals surface area contributed by atoms with Gasteiger partial charge in [-0.3, -0.25) is 4.90 Å². The third-order valence-electron chi connectivity index (χ3n) is 2.76. The van der Waals surface area contributed by atoms with Gasteiger partial charge in [0, 0.05) is 20.2 Å². The highest BCUT2D eigenvalue weighted by Crippen LogP contribution is 2.06. The molecule has 0 aliphatic heterocycles. The minimum absolute atomic E-state index is 0.369. The Morgan fingerprint density at radius 2 is 2.06 bits per heavy atom. The Balaban J connectivity index is 2.49. The molecule has 0 aliphatic rings. The second-order valence-corrected chi connectivity index (χ2v) is 4.47. The Labute approximate surface area is 109 Å². The molecule has 0 heterocycles. The van der Waals surface area contributed by atoms with Crippen molar-refractivity contribution >= 4 is 0 Å². The van der Waals surface area contributed by atoms with E-state index < -0.39 is 6.10 Å². The Hall–Kier alpha value is -0.940. The van der Waals surface area contributed by atoms with Gasteiger partial charge in [-0.15, -0.1) is 0 Å². The zero-order chi connectivity index (χ0) is 13.2. The third kappa shape index (κ3) is 6.12. The summed E-state index contributed by atoms with van der Waals surface area (Å²) in [5.74, 6) is 0. The number of ether oxygens (including phenoxy) is 1. The first-order valence-electron chi connectivity index (χ1n) is 6.39. The van der Waals surface area contributed by atoms with Gasteiger partial charge in [0.1, 0.15) is 0 Å². The topological polar surface area (TPSA) is 58.7 Å². The first-order chi connectivity index (χ1) is 8.76. The van der Waals surface area contributed by atoms with Gasteiger partial charge in [0.2, 0.25) is 0 Å². The van der Waals surface area contributed by atoms with Gasteiger partial charge in [-0.1, -0.05) is 30.3 Å². The Morgan fingerprint density at radius 1 is 1.33 bits per heavy atom. The molecule has 0 saturated carbocycles. The number of methoxy groups -OCH3 is 1. The largest absolute Gasteiger partial charge is 0.389 e. The molecule has 0 aliphatic carbocycles. The van der Waals surface area contributed by atoms with E-state index in [0.717, 1.165) is 19.5 Å². The maximum absolute atomic E-state index is 9.80. The van der Waals surface area contributed by atoms with E-state index in [1.54, 1.807) is 7.11 Å². The van der Waals surface area contributed by atoms with Gasteiger partial charge in [-0.2, -0.15) is 0 Å². The van der Waals surface area contributed by atoms with E-state index in [1.807, 2.05) is 18.2 Å². The monoisotopic (exact) mass is 252 g/mol.